The van der Waals surface area contributed by atoms with Crippen molar-refractivity contribution in [3.8, 4) is 11.3 Å². The number of oxazole rings is 1. The summed E-state index contributed by atoms with van der Waals surface area (Å²) in [7, 11) is 0. The highest BCUT2D eigenvalue weighted by molar-refractivity contribution is 14.0. The van der Waals surface area contributed by atoms with Gasteiger partial charge in [-0.2, -0.15) is 13.2 Å². The molecule has 0 aliphatic rings. The number of alkyl halides is 3. The molecule has 144 valence electrons. The Morgan fingerprint density at radius 1 is 1.19 bits per heavy atom. The van der Waals surface area contributed by atoms with E-state index in [2.05, 4.69) is 20.6 Å². The number of hydrogen-bond donors (Lipinski definition) is 2. The maximum Gasteiger partial charge on any atom is 0.390 e. The highest BCUT2D eigenvalue weighted by Gasteiger charge is 2.26. The van der Waals surface area contributed by atoms with E-state index < -0.39 is 12.6 Å². The average Bonchev–Trinajstić information content (AvgIpc) is 3.01. The second-order valence-corrected chi connectivity index (χ2v) is 5.47. The maximum atomic E-state index is 12.2. The van der Waals surface area contributed by atoms with Gasteiger partial charge < -0.3 is 15.1 Å². The van der Waals surface area contributed by atoms with E-state index in [4.69, 9.17) is 4.42 Å². The zero-order valence-electron chi connectivity index (χ0n) is 14.6. The van der Waals surface area contributed by atoms with Crippen molar-refractivity contribution >= 4 is 29.9 Å². The molecule has 0 unspecified atom stereocenters. The van der Waals surface area contributed by atoms with Crippen molar-refractivity contribution in [2.75, 3.05) is 13.1 Å². The molecule has 1 aromatic carbocycles. The monoisotopic (exact) mass is 482 g/mol. The summed E-state index contributed by atoms with van der Waals surface area (Å²) in [6.45, 7) is 4.26. The molecule has 0 atom stereocenters. The van der Waals surface area contributed by atoms with Gasteiger partial charge in [0, 0.05) is 18.7 Å². The van der Waals surface area contributed by atoms with Crippen LogP contribution in [0, 0.1) is 6.92 Å². The van der Waals surface area contributed by atoms with Gasteiger partial charge in [-0.3, -0.25) is 0 Å². The minimum Gasteiger partial charge on any atom is -0.439 e. The first-order valence-corrected chi connectivity index (χ1v) is 7.98. The van der Waals surface area contributed by atoms with E-state index in [0.29, 0.717) is 24.2 Å². The van der Waals surface area contributed by atoms with E-state index in [1.807, 2.05) is 38.1 Å². The van der Waals surface area contributed by atoms with Gasteiger partial charge in [0.05, 0.1) is 12.6 Å². The molecule has 1 heterocycles. The fourth-order valence-corrected chi connectivity index (χ4v) is 2.05. The van der Waals surface area contributed by atoms with Crippen molar-refractivity contribution in [3.63, 3.8) is 0 Å². The number of aryl methyl sites for hydroxylation is 1. The normalized spacial score (nSPS) is 11.8. The third kappa shape index (κ3) is 7.63. The van der Waals surface area contributed by atoms with Gasteiger partial charge in [-0.15, -0.1) is 24.0 Å². The molecule has 0 saturated heterocycles. The molecule has 2 rings (SSSR count). The van der Waals surface area contributed by atoms with Gasteiger partial charge in [0.1, 0.15) is 6.54 Å². The molecule has 0 aliphatic heterocycles. The van der Waals surface area contributed by atoms with Crippen LogP contribution >= 0.6 is 24.0 Å². The quantitative estimate of drug-likeness (QED) is 0.367. The number of benzene rings is 1. The zero-order chi connectivity index (χ0) is 18.3. The molecule has 0 aliphatic carbocycles. The highest BCUT2D eigenvalue weighted by atomic mass is 127. The zero-order valence-corrected chi connectivity index (χ0v) is 16.9. The number of aromatic nitrogens is 1. The molecule has 0 spiro atoms. The molecular formula is C17H22F3IN4O. The van der Waals surface area contributed by atoms with Gasteiger partial charge in [-0.1, -0.05) is 29.8 Å². The molecule has 26 heavy (non-hydrogen) atoms. The number of nitrogens with zero attached hydrogens (tertiary/aromatic N) is 2. The van der Waals surface area contributed by atoms with Crippen LogP contribution in [0.15, 0.2) is 39.9 Å². The molecule has 0 bridgehead atoms. The second kappa shape index (κ2) is 10.4. The van der Waals surface area contributed by atoms with Crippen molar-refractivity contribution < 1.29 is 17.6 Å². The molecule has 5 nitrogen and oxygen atoms in total. The van der Waals surface area contributed by atoms with Gasteiger partial charge in [0.25, 0.3) is 0 Å². The lowest BCUT2D eigenvalue weighted by atomic mass is 10.1. The largest absolute Gasteiger partial charge is 0.439 e. The minimum absolute atomic E-state index is 0. The molecule has 0 amide bonds. The number of rotatable bonds is 6. The first kappa shape index (κ1) is 22.3. The van der Waals surface area contributed by atoms with Crippen molar-refractivity contribution in [3.05, 3.63) is 41.9 Å². The Labute approximate surface area is 167 Å². The van der Waals surface area contributed by atoms with Crippen LogP contribution in [0.4, 0.5) is 13.2 Å². The predicted molar refractivity (Wildman–Crippen MR) is 106 cm³/mol. The predicted octanol–water partition coefficient (Wildman–Crippen LogP) is 4.28. The molecule has 0 radical (unpaired) electrons. The Balaban J connectivity index is 0.00000338. The van der Waals surface area contributed by atoms with Crippen LogP contribution in [-0.4, -0.2) is 30.2 Å². The third-order valence-electron chi connectivity index (χ3n) is 3.31. The number of guanidine groups is 1. The van der Waals surface area contributed by atoms with Crippen molar-refractivity contribution in [2.24, 2.45) is 4.99 Å². The van der Waals surface area contributed by atoms with Crippen molar-refractivity contribution in [2.45, 2.75) is 33.0 Å². The van der Waals surface area contributed by atoms with Gasteiger partial charge in [-0.05, 0) is 13.8 Å². The Kier molecular flexibility index (Phi) is 8.89. The first-order chi connectivity index (χ1) is 11.9. The van der Waals surface area contributed by atoms with Crippen LogP contribution in [0.2, 0.25) is 0 Å². The Bertz CT molecular complexity index is 699. The van der Waals surface area contributed by atoms with Crippen molar-refractivity contribution in [1.82, 2.24) is 15.6 Å². The number of aliphatic imine (C=N–C) groups is 1. The standard InChI is InChI=1S/C17H21F3N4O.HI/c1-3-21-16(22-9-8-17(18,19)20)24-11-15-23-10-14(25-15)13-6-4-12(2)5-7-13;/h4-7,10H,3,8-9,11H2,1-2H3,(H2,21,22,24);1H. The molecular weight excluding hydrogens is 460 g/mol. The molecule has 0 fully saturated rings. The van der Waals surface area contributed by atoms with Gasteiger partial charge in [0.2, 0.25) is 5.89 Å². The Morgan fingerprint density at radius 2 is 1.88 bits per heavy atom. The summed E-state index contributed by atoms with van der Waals surface area (Å²) in [5.41, 5.74) is 2.05. The topological polar surface area (TPSA) is 62.5 Å². The lowest BCUT2D eigenvalue weighted by Gasteiger charge is -2.11. The van der Waals surface area contributed by atoms with Crippen molar-refractivity contribution in [1.29, 1.82) is 0 Å². The molecule has 1 aromatic heterocycles. The maximum absolute atomic E-state index is 12.2. The van der Waals surface area contributed by atoms with Crippen LogP contribution in [-0.2, 0) is 6.54 Å². The van der Waals surface area contributed by atoms with E-state index in [0.717, 1.165) is 11.1 Å². The average molecular weight is 482 g/mol. The molecule has 2 N–H and O–H groups in total. The SMILES string of the molecule is CCNC(=NCc1ncc(-c2ccc(C)cc2)o1)NCCC(F)(F)F.I. The molecule has 0 saturated carbocycles. The summed E-state index contributed by atoms with van der Waals surface area (Å²) in [6.07, 6.45) is -3.51. The fourth-order valence-electron chi connectivity index (χ4n) is 2.05. The van der Waals surface area contributed by atoms with E-state index in [-0.39, 0.29) is 37.1 Å². The van der Waals surface area contributed by atoms with Crippen LogP contribution in [0.1, 0.15) is 24.8 Å². The van der Waals surface area contributed by atoms with Crippen LogP contribution in [0.25, 0.3) is 11.3 Å². The van der Waals surface area contributed by atoms with Gasteiger partial charge in [0.15, 0.2) is 11.7 Å². The lowest BCUT2D eigenvalue weighted by molar-refractivity contribution is -0.132. The van der Waals surface area contributed by atoms with Crippen LogP contribution in [0.5, 0.6) is 0 Å². The highest BCUT2D eigenvalue weighted by Crippen LogP contribution is 2.21. The van der Waals surface area contributed by atoms with Gasteiger partial charge in [-0.25, -0.2) is 9.98 Å². The minimum atomic E-state index is -4.20. The summed E-state index contributed by atoms with van der Waals surface area (Å²) >= 11 is 0. The van der Waals surface area contributed by atoms with E-state index in [1.54, 1.807) is 6.20 Å². The lowest BCUT2D eigenvalue weighted by Crippen LogP contribution is -2.38. The smallest absolute Gasteiger partial charge is 0.390 e. The second-order valence-electron chi connectivity index (χ2n) is 5.47. The first-order valence-electron chi connectivity index (χ1n) is 7.98. The van der Waals surface area contributed by atoms with Gasteiger partial charge >= 0.3 is 6.18 Å². The number of hydrogen-bond acceptors (Lipinski definition) is 3. The molecule has 9 heteroatoms. The fraction of sp³-hybridized carbons (Fsp3) is 0.412. The summed E-state index contributed by atoms with van der Waals surface area (Å²) in [6, 6.07) is 7.82. The van der Waals surface area contributed by atoms with E-state index >= 15 is 0 Å². The van der Waals surface area contributed by atoms with E-state index in [9.17, 15) is 13.2 Å². The summed E-state index contributed by atoms with van der Waals surface area (Å²) in [5.74, 6) is 1.31. The third-order valence-corrected chi connectivity index (χ3v) is 3.31. The summed E-state index contributed by atoms with van der Waals surface area (Å²) in [5, 5.41) is 5.53. The Hall–Kier alpha value is -1.78. The number of halogens is 4. The number of nitrogens with one attached hydrogen (secondary N) is 2. The summed E-state index contributed by atoms with van der Waals surface area (Å²) < 4.78 is 42.3. The van der Waals surface area contributed by atoms with Crippen LogP contribution in [0.3, 0.4) is 0 Å². The summed E-state index contributed by atoms with van der Waals surface area (Å²) in [4.78, 5) is 8.35. The van der Waals surface area contributed by atoms with E-state index in [1.165, 1.54) is 0 Å². The van der Waals surface area contributed by atoms with Crippen LogP contribution < -0.4 is 10.6 Å². The molecule has 2 aromatic rings. The Morgan fingerprint density at radius 3 is 2.50 bits per heavy atom.